The van der Waals surface area contributed by atoms with Crippen molar-refractivity contribution in [2.75, 3.05) is 13.2 Å². The van der Waals surface area contributed by atoms with E-state index >= 15 is 0 Å². The predicted molar refractivity (Wildman–Crippen MR) is 42.6 cm³/mol. The first kappa shape index (κ1) is 7.83. The fourth-order valence-corrected chi connectivity index (χ4v) is 1.52. The maximum Gasteiger partial charge on any atom is 0.0960 e. The fraction of sp³-hybridized carbons (Fsp3) is 0.556. The maximum atomic E-state index is 9.77. The highest BCUT2D eigenvalue weighted by Crippen LogP contribution is 2.28. The van der Waals surface area contributed by atoms with E-state index in [0.29, 0.717) is 6.61 Å². The summed E-state index contributed by atoms with van der Waals surface area (Å²) in [5, 5.41) is 9.77. The molecule has 66 valence electrons. The molecule has 0 aromatic carbocycles. The largest absolute Gasteiger partial charge is 0.472 e. The summed E-state index contributed by atoms with van der Waals surface area (Å²) in [6, 6.07) is 1.79. The Morgan fingerprint density at radius 2 is 2.50 bits per heavy atom. The van der Waals surface area contributed by atoms with Crippen molar-refractivity contribution in [2.45, 2.75) is 12.5 Å². The van der Waals surface area contributed by atoms with Crippen LogP contribution < -0.4 is 0 Å². The van der Waals surface area contributed by atoms with Gasteiger partial charge in [0.1, 0.15) is 0 Å². The SMILES string of the molecule is OC(c1ccoc1)C1CCOC1. The van der Waals surface area contributed by atoms with Gasteiger partial charge in [0.15, 0.2) is 0 Å². The topological polar surface area (TPSA) is 42.6 Å². The number of hydrogen-bond acceptors (Lipinski definition) is 3. The molecule has 2 unspecified atom stereocenters. The Morgan fingerprint density at radius 1 is 1.58 bits per heavy atom. The highest BCUT2D eigenvalue weighted by atomic mass is 16.5. The third-order valence-electron chi connectivity index (χ3n) is 2.30. The molecule has 0 saturated carbocycles. The Labute approximate surface area is 71.0 Å². The summed E-state index contributed by atoms with van der Waals surface area (Å²) in [6.45, 7) is 1.42. The van der Waals surface area contributed by atoms with E-state index in [-0.39, 0.29) is 5.92 Å². The molecule has 3 heteroatoms. The van der Waals surface area contributed by atoms with Crippen molar-refractivity contribution in [2.24, 2.45) is 5.92 Å². The van der Waals surface area contributed by atoms with Gasteiger partial charge in [0.2, 0.25) is 0 Å². The maximum absolute atomic E-state index is 9.77. The smallest absolute Gasteiger partial charge is 0.0960 e. The van der Waals surface area contributed by atoms with Crippen LogP contribution in [0.2, 0.25) is 0 Å². The minimum absolute atomic E-state index is 0.239. The zero-order valence-corrected chi connectivity index (χ0v) is 6.77. The standard InChI is InChI=1S/C9H12O3/c10-9(7-1-3-11-5-7)8-2-4-12-6-8/h1,3,5,8-10H,2,4,6H2. The third kappa shape index (κ3) is 1.38. The Bertz CT molecular complexity index is 224. The molecule has 0 spiro atoms. The summed E-state index contributed by atoms with van der Waals surface area (Å²) in [5.41, 5.74) is 0.852. The first-order valence-corrected chi connectivity index (χ1v) is 4.16. The molecule has 12 heavy (non-hydrogen) atoms. The number of hydrogen-bond donors (Lipinski definition) is 1. The number of aliphatic hydroxyl groups is 1. The molecule has 1 saturated heterocycles. The van der Waals surface area contributed by atoms with Crippen molar-refractivity contribution in [3.63, 3.8) is 0 Å². The van der Waals surface area contributed by atoms with Crippen molar-refractivity contribution in [3.8, 4) is 0 Å². The summed E-state index contributed by atoms with van der Waals surface area (Å²) < 4.78 is 10.1. The number of ether oxygens (including phenoxy) is 1. The van der Waals surface area contributed by atoms with Gasteiger partial charge in [-0.25, -0.2) is 0 Å². The van der Waals surface area contributed by atoms with Gasteiger partial charge < -0.3 is 14.3 Å². The Morgan fingerprint density at radius 3 is 3.08 bits per heavy atom. The molecular weight excluding hydrogens is 156 g/mol. The lowest BCUT2D eigenvalue weighted by atomic mass is 9.97. The van der Waals surface area contributed by atoms with Gasteiger partial charge in [-0.3, -0.25) is 0 Å². The molecule has 1 aliphatic rings. The van der Waals surface area contributed by atoms with Crippen molar-refractivity contribution in [3.05, 3.63) is 24.2 Å². The van der Waals surface area contributed by atoms with E-state index in [9.17, 15) is 5.11 Å². The van der Waals surface area contributed by atoms with Gasteiger partial charge in [0.25, 0.3) is 0 Å². The number of furan rings is 1. The Balaban J connectivity index is 2.04. The van der Waals surface area contributed by atoms with Crippen molar-refractivity contribution >= 4 is 0 Å². The van der Waals surface area contributed by atoms with Crippen LogP contribution in [0, 0.1) is 5.92 Å². The van der Waals surface area contributed by atoms with Crippen molar-refractivity contribution in [1.29, 1.82) is 0 Å². The van der Waals surface area contributed by atoms with Gasteiger partial charge in [-0.2, -0.15) is 0 Å². The summed E-state index contributed by atoms with van der Waals surface area (Å²) >= 11 is 0. The lowest BCUT2D eigenvalue weighted by Gasteiger charge is -2.13. The van der Waals surface area contributed by atoms with Crippen LogP contribution in [0.3, 0.4) is 0 Å². The van der Waals surface area contributed by atoms with Crippen LogP contribution in [-0.4, -0.2) is 18.3 Å². The minimum atomic E-state index is -0.425. The molecule has 2 rings (SSSR count). The van der Waals surface area contributed by atoms with Crippen LogP contribution >= 0.6 is 0 Å². The lowest BCUT2D eigenvalue weighted by molar-refractivity contribution is 0.0913. The van der Waals surface area contributed by atoms with Crippen LogP contribution in [0.15, 0.2) is 23.0 Å². The summed E-state index contributed by atoms with van der Waals surface area (Å²) in [5.74, 6) is 0.239. The van der Waals surface area contributed by atoms with Gasteiger partial charge in [-0.1, -0.05) is 0 Å². The Kier molecular flexibility index (Phi) is 2.15. The van der Waals surface area contributed by atoms with E-state index in [0.717, 1.165) is 18.6 Å². The van der Waals surface area contributed by atoms with Crippen LogP contribution in [0.5, 0.6) is 0 Å². The summed E-state index contributed by atoms with van der Waals surface area (Å²) in [7, 11) is 0. The van der Waals surface area contributed by atoms with E-state index in [2.05, 4.69) is 0 Å². The molecule has 1 aromatic heterocycles. The lowest BCUT2D eigenvalue weighted by Crippen LogP contribution is -2.11. The average Bonchev–Trinajstić information content (AvgIpc) is 2.77. The molecule has 1 N–H and O–H groups in total. The molecule has 0 aliphatic carbocycles. The monoisotopic (exact) mass is 168 g/mol. The van der Waals surface area contributed by atoms with Gasteiger partial charge in [0.05, 0.1) is 25.2 Å². The van der Waals surface area contributed by atoms with Crippen LogP contribution in [0.4, 0.5) is 0 Å². The predicted octanol–water partition coefficient (Wildman–Crippen LogP) is 1.35. The number of aliphatic hydroxyl groups excluding tert-OH is 1. The van der Waals surface area contributed by atoms with Gasteiger partial charge >= 0.3 is 0 Å². The van der Waals surface area contributed by atoms with Gasteiger partial charge in [-0.15, -0.1) is 0 Å². The molecule has 2 heterocycles. The zero-order chi connectivity index (χ0) is 8.39. The normalized spacial score (nSPS) is 25.9. The second-order valence-corrected chi connectivity index (χ2v) is 3.13. The first-order chi connectivity index (χ1) is 5.88. The van der Waals surface area contributed by atoms with E-state index in [1.54, 1.807) is 18.6 Å². The molecular formula is C9H12O3. The van der Waals surface area contributed by atoms with Crippen LogP contribution in [0.25, 0.3) is 0 Å². The number of rotatable bonds is 2. The van der Waals surface area contributed by atoms with E-state index in [1.807, 2.05) is 0 Å². The highest BCUT2D eigenvalue weighted by Gasteiger charge is 2.25. The molecule has 2 atom stereocenters. The van der Waals surface area contributed by atoms with Gasteiger partial charge in [-0.05, 0) is 12.5 Å². The fourth-order valence-electron chi connectivity index (χ4n) is 1.52. The molecule has 1 aromatic rings. The second-order valence-electron chi connectivity index (χ2n) is 3.13. The van der Waals surface area contributed by atoms with E-state index in [1.165, 1.54) is 0 Å². The molecule has 3 nitrogen and oxygen atoms in total. The molecule has 1 fully saturated rings. The van der Waals surface area contributed by atoms with Crippen molar-refractivity contribution in [1.82, 2.24) is 0 Å². The second kappa shape index (κ2) is 3.29. The van der Waals surface area contributed by atoms with Gasteiger partial charge in [0, 0.05) is 18.1 Å². The molecule has 0 bridgehead atoms. The highest BCUT2D eigenvalue weighted by molar-refractivity contribution is 5.10. The zero-order valence-electron chi connectivity index (χ0n) is 6.77. The quantitative estimate of drug-likeness (QED) is 0.724. The van der Waals surface area contributed by atoms with Crippen LogP contribution in [-0.2, 0) is 4.74 Å². The van der Waals surface area contributed by atoms with E-state index in [4.69, 9.17) is 9.15 Å². The third-order valence-corrected chi connectivity index (χ3v) is 2.30. The molecule has 0 amide bonds. The molecule has 1 aliphatic heterocycles. The minimum Gasteiger partial charge on any atom is -0.472 e. The average molecular weight is 168 g/mol. The van der Waals surface area contributed by atoms with Crippen molar-refractivity contribution < 1.29 is 14.3 Å². The van der Waals surface area contributed by atoms with Crippen LogP contribution in [0.1, 0.15) is 18.1 Å². The summed E-state index contributed by atoms with van der Waals surface area (Å²) in [4.78, 5) is 0. The summed E-state index contributed by atoms with van der Waals surface area (Å²) in [6.07, 6.45) is 3.68. The molecule has 0 radical (unpaired) electrons. The van der Waals surface area contributed by atoms with E-state index < -0.39 is 6.10 Å². The Hall–Kier alpha value is -0.800. The first-order valence-electron chi connectivity index (χ1n) is 4.16.